The van der Waals surface area contributed by atoms with Gasteiger partial charge in [0.1, 0.15) is 5.82 Å². The fourth-order valence-electron chi connectivity index (χ4n) is 1.88. The Kier molecular flexibility index (Phi) is 5.77. The second kappa shape index (κ2) is 6.61. The van der Waals surface area contributed by atoms with Crippen LogP contribution in [-0.2, 0) is 6.42 Å². The average Bonchev–Trinajstić information content (AvgIpc) is 2.21. The zero-order valence-corrected chi connectivity index (χ0v) is 12.0. The van der Waals surface area contributed by atoms with Crippen LogP contribution >= 0.6 is 27.5 Å². The first-order valence-corrected chi connectivity index (χ1v) is 7.02. The van der Waals surface area contributed by atoms with Crippen LogP contribution in [-0.4, -0.2) is 5.33 Å². The second-order valence-corrected chi connectivity index (χ2v) is 5.67. The van der Waals surface area contributed by atoms with Gasteiger partial charge in [0, 0.05) is 10.4 Å². The fourth-order valence-corrected chi connectivity index (χ4v) is 2.57. The van der Waals surface area contributed by atoms with Crippen molar-refractivity contribution >= 4 is 27.5 Å². The van der Waals surface area contributed by atoms with E-state index in [0.717, 1.165) is 23.7 Å². The minimum absolute atomic E-state index is 0.154. The highest BCUT2D eigenvalue weighted by Gasteiger charge is 2.13. The highest BCUT2D eigenvalue weighted by atomic mass is 79.9. The molecule has 1 unspecified atom stereocenters. The first-order valence-electron chi connectivity index (χ1n) is 5.52. The van der Waals surface area contributed by atoms with Gasteiger partial charge in [0.25, 0.3) is 0 Å². The van der Waals surface area contributed by atoms with Crippen LogP contribution in [0.25, 0.3) is 0 Å². The fraction of sp³-hybridized carbons (Fsp3) is 0.538. The smallest absolute Gasteiger partial charge is 0.126 e. The van der Waals surface area contributed by atoms with E-state index in [9.17, 15) is 4.39 Å². The molecule has 0 aliphatic carbocycles. The minimum atomic E-state index is -0.154. The summed E-state index contributed by atoms with van der Waals surface area (Å²) in [5.41, 5.74) is 0.720. The van der Waals surface area contributed by atoms with Crippen LogP contribution in [0.15, 0.2) is 18.2 Å². The summed E-state index contributed by atoms with van der Waals surface area (Å²) in [4.78, 5) is 0. The highest BCUT2D eigenvalue weighted by Crippen LogP contribution is 2.23. The first kappa shape index (κ1) is 14.0. The normalized spacial score (nSPS) is 13.1. The molecule has 0 spiro atoms. The maximum atomic E-state index is 13.5. The molecular formula is C13H17BrClF. The topological polar surface area (TPSA) is 0 Å². The molecule has 0 bridgehead atoms. The Labute approximate surface area is 110 Å². The molecule has 1 aromatic rings. The van der Waals surface area contributed by atoms with Gasteiger partial charge in [-0.05, 0) is 48.4 Å². The van der Waals surface area contributed by atoms with E-state index in [4.69, 9.17) is 11.6 Å². The van der Waals surface area contributed by atoms with Crippen molar-refractivity contribution in [2.45, 2.75) is 26.7 Å². The van der Waals surface area contributed by atoms with Crippen molar-refractivity contribution in [3.8, 4) is 0 Å². The lowest BCUT2D eigenvalue weighted by molar-refractivity contribution is 0.438. The zero-order valence-electron chi connectivity index (χ0n) is 9.64. The zero-order chi connectivity index (χ0) is 12.1. The molecular weight excluding hydrogens is 290 g/mol. The molecule has 0 fully saturated rings. The van der Waals surface area contributed by atoms with Crippen molar-refractivity contribution in [3.63, 3.8) is 0 Å². The van der Waals surface area contributed by atoms with Gasteiger partial charge in [0.05, 0.1) is 0 Å². The highest BCUT2D eigenvalue weighted by molar-refractivity contribution is 9.09. The number of hydrogen-bond donors (Lipinski definition) is 0. The van der Waals surface area contributed by atoms with E-state index in [-0.39, 0.29) is 5.82 Å². The van der Waals surface area contributed by atoms with Gasteiger partial charge in [0.2, 0.25) is 0 Å². The lowest BCUT2D eigenvalue weighted by Crippen LogP contribution is -2.10. The number of halogens is 3. The Balaban J connectivity index is 2.73. The van der Waals surface area contributed by atoms with Gasteiger partial charge in [-0.3, -0.25) is 0 Å². The summed E-state index contributed by atoms with van der Waals surface area (Å²) in [6.07, 6.45) is 1.84. The van der Waals surface area contributed by atoms with Crippen LogP contribution in [0.2, 0.25) is 5.02 Å². The SMILES string of the molecule is CC(C)CC(CBr)Cc1cc(Cl)ccc1F. The number of hydrogen-bond acceptors (Lipinski definition) is 0. The predicted molar refractivity (Wildman–Crippen MR) is 71.9 cm³/mol. The molecule has 0 aliphatic rings. The van der Waals surface area contributed by atoms with Crippen molar-refractivity contribution in [2.75, 3.05) is 5.33 Å². The van der Waals surface area contributed by atoms with Gasteiger partial charge >= 0.3 is 0 Å². The molecule has 3 heteroatoms. The number of rotatable bonds is 5. The Hall–Kier alpha value is -0.0800. The first-order chi connectivity index (χ1) is 7.52. The van der Waals surface area contributed by atoms with Crippen LogP contribution < -0.4 is 0 Å². The average molecular weight is 308 g/mol. The van der Waals surface area contributed by atoms with E-state index in [1.165, 1.54) is 6.07 Å². The number of benzene rings is 1. The molecule has 0 saturated carbocycles. The van der Waals surface area contributed by atoms with Gasteiger partial charge in [-0.15, -0.1) is 0 Å². The van der Waals surface area contributed by atoms with Crippen molar-refractivity contribution in [3.05, 3.63) is 34.6 Å². The van der Waals surface area contributed by atoms with Crippen LogP contribution in [0.3, 0.4) is 0 Å². The minimum Gasteiger partial charge on any atom is -0.207 e. The van der Waals surface area contributed by atoms with Gasteiger partial charge in [0.15, 0.2) is 0 Å². The van der Waals surface area contributed by atoms with Gasteiger partial charge in [-0.1, -0.05) is 41.4 Å². The summed E-state index contributed by atoms with van der Waals surface area (Å²) in [7, 11) is 0. The Morgan fingerprint density at radius 1 is 1.38 bits per heavy atom. The summed E-state index contributed by atoms with van der Waals surface area (Å²) < 4.78 is 13.5. The monoisotopic (exact) mass is 306 g/mol. The van der Waals surface area contributed by atoms with E-state index < -0.39 is 0 Å². The third-order valence-corrected chi connectivity index (χ3v) is 3.69. The van der Waals surface area contributed by atoms with Crippen LogP contribution in [0, 0.1) is 17.7 Å². The Morgan fingerprint density at radius 3 is 2.62 bits per heavy atom. The van der Waals surface area contributed by atoms with Crippen LogP contribution in [0.5, 0.6) is 0 Å². The largest absolute Gasteiger partial charge is 0.207 e. The third-order valence-electron chi connectivity index (χ3n) is 2.54. The maximum Gasteiger partial charge on any atom is 0.126 e. The number of alkyl halides is 1. The van der Waals surface area contributed by atoms with Gasteiger partial charge < -0.3 is 0 Å². The Bertz CT molecular complexity index is 339. The summed E-state index contributed by atoms with van der Waals surface area (Å²) in [5, 5.41) is 1.51. The Morgan fingerprint density at radius 2 is 2.06 bits per heavy atom. The summed E-state index contributed by atoms with van der Waals surface area (Å²) >= 11 is 9.36. The molecule has 0 N–H and O–H groups in total. The second-order valence-electron chi connectivity index (χ2n) is 4.59. The quantitative estimate of drug-likeness (QED) is 0.666. The molecule has 0 amide bonds. The molecule has 16 heavy (non-hydrogen) atoms. The molecule has 1 rings (SSSR count). The van der Waals surface area contributed by atoms with E-state index in [1.54, 1.807) is 12.1 Å². The molecule has 0 aliphatic heterocycles. The molecule has 0 heterocycles. The van der Waals surface area contributed by atoms with Crippen molar-refractivity contribution < 1.29 is 4.39 Å². The lowest BCUT2D eigenvalue weighted by Gasteiger charge is -2.16. The van der Waals surface area contributed by atoms with E-state index in [0.29, 0.717) is 16.9 Å². The molecule has 1 aromatic carbocycles. The molecule has 0 aromatic heterocycles. The van der Waals surface area contributed by atoms with Crippen molar-refractivity contribution in [2.24, 2.45) is 11.8 Å². The van der Waals surface area contributed by atoms with Gasteiger partial charge in [-0.2, -0.15) is 0 Å². The molecule has 0 saturated heterocycles. The van der Waals surface area contributed by atoms with Crippen LogP contribution in [0.4, 0.5) is 4.39 Å². The molecule has 1 atom stereocenters. The van der Waals surface area contributed by atoms with Crippen LogP contribution in [0.1, 0.15) is 25.8 Å². The van der Waals surface area contributed by atoms with Crippen molar-refractivity contribution in [1.29, 1.82) is 0 Å². The summed E-state index contributed by atoms with van der Waals surface area (Å²) in [6, 6.07) is 4.76. The summed E-state index contributed by atoms with van der Waals surface area (Å²) in [6.45, 7) is 4.37. The summed E-state index contributed by atoms with van der Waals surface area (Å²) in [5.74, 6) is 0.942. The van der Waals surface area contributed by atoms with E-state index in [2.05, 4.69) is 29.8 Å². The van der Waals surface area contributed by atoms with Crippen molar-refractivity contribution in [1.82, 2.24) is 0 Å². The predicted octanol–water partition coefficient (Wildman–Crippen LogP) is 5.08. The van der Waals surface area contributed by atoms with E-state index >= 15 is 0 Å². The molecule has 90 valence electrons. The molecule has 0 radical (unpaired) electrons. The molecule has 0 nitrogen and oxygen atoms in total. The standard InChI is InChI=1S/C13H17BrClF/c1-9(2)5-10(8-14)6-11-7-12(15)3-4-13(11)16/h3-4,7,9-10H,5-6,8H2,1-2H3. The van der Waals surface area contributed by atoms with E-state index in [1.807, 2.05) is 0 Å². The van der Waals surface area contributed by atoms with Gasteiger partial charge in [-0.25, -0.2) is 4.39 Å². The lowest BCUT2D eigenvalue weighted by atomic mass is 9.92. The third kappa shape index (κ3) is 4.42. The maximum absolute atomic E-state index is 13.5.